The lowest BCUT2D eigenvalue weighted by Crippen LogP contribution is -2.03. The maximum Gasteiger partial charge on any atom is -0.000763 e. The molecule has 0 fully saturated rings. The SMILES string of the molecule is c1ccc(-c2c(-c3ccccc3)c(-c3ccccc3)c3c(c2-c2ccccc2)-c2ccc(cc2)-c2c(-c4ccccc4)c(-c4ccccc4)c(-c4ccccc4)c(-c4ccccc4)c2-c2ccc4ccc5cc-3cc3ccc2c4c53)cc1. The first-order chi connectivity index (χ1) is 40.7. The fourth-order valence-corrected chi connectivity index (χ4v) is 13.8. The highest BCUT2D eigenvalue weighted by Crippen LogP contribution is 2.60. The smallest absolute Gasteiger partial charge is 0.000763 e. The third-order valence-electron chi connectivity index (χ3n) is 17.1. The maximum absolute atomic E-state index is 2.50. The molecular formula is C82H52. The molecule has 5 aliphatic carbocycles. The second-order valence-electron chi connectivity index (χ2n) is 21.7. The Balaban J connectivity index is 1.18. The Morgan fingerprint density at radius 3 is 0.646 bits per heavy atom. The number of benzene rings is 15. The fraction of sp³-hybridized carbons (Fsp3) is 0. The van der Waals surface area contributed by atoms with Gasteiger partial charge < -0.3 is 0 Å². The van der Waals surface area contributed by atoms with Gasteiger partial charge in [0.15, 0.2) is 0 Å². The first-order valence-corrected chi connectivity index (χ1v) is 28.5. The van der Waals surface area contributed by atoms with Crippen LogP contribution in [0.5, 0.6) is 0 Å². The average molecular weight is 1040 g/mol. The van der Waals surface area contributed by atoms with E-state index in [9.17, 15) is 0 Å². The third kappa shape index (κ3) is 7.61. The van der Waals surface area contributed by atoms with Crippen LogP contribution in [0.25, 0.3) is 166 Å². The van der Waals surface area contributed by atoms with Gasteiger partial charge in [0, 0.05) is 0 Å². The zero-order chi connectivity index (χ0) is 54.1. The van der Waals surface area contributed by atoms with Crippen molar-refractivity contribution in [3.8, 4) is 134 Å². The van der Waals surface area contributed by atoms with Crippen LogP contribution in [0.4, 0.5) is 0 Å². The highest BCUT2D eigenvalue weighted by Gasteiger charge is 2.33. The van der Waals surface area contributed by atoms with Crippen LogP contribution in [0.2, 0.25) is 0 Å². The minimum Gasteiger partial charge on any atom is -0.0622 e. The zero-order valence-corrected chi connectivity index (χ0v) is 45.0. The lowest BCUT2D eigenvalue weighted by atomic mass is 9.73. The summed E-state index contributed by atoms with van der Waals surface area (Å²) in [7, 11) is 0. The summed E-state index contributed by atoms with van der Waals surface area (Å²) < 4.78 is 0. The van der Waals surface area contributed by atoms with Crippen LogP contribution in [0.3, 0.4) is 0 Å². The van der Waals surface area contributed by atoms with Crippen molar-refractivity contribution in [2.45, 2.75) is 0 Å². The standard InChI is InChI=1S/C82H52/c1-9-25-53(26-10-1)71-72(54-27-11-2-12-28-54)77(59-37-21-7-22-38-59)81-66-51-64-46-45-61-47-49-68(67-50-48-65(52-66)69(64)70(61)67)82-79(60-39-23-8-24-40-60)75(57-33-17-5-18-34-57)74(56-31-15-4-16-32-56)76(58-35-19-6-20-36-58)80(82)63-43-41-62(42-44-63)78(81)73(71)55-29-13-3-14-30-55/h1-52H. The van der Waals surface area contributed by atoms with E-state index >= 15 is 0 Å². The van der Waals surface area contributed by atoms with Crippen LogP contribution >= 0.6 is 0 Å². The highest BCUT2D eigenvalue weighted by atomic mass is 14.4. The van der Waals surface area contributed by atoms with Crippen molar-refractivity contribution >= 4 is 32.3 Å². The average Bonchev–Trinajstić information content (AvgIpc) is 2.44. The fourth-order valence-electron chi connectivity index (χ4n) is 13.8. The van der Waals surface area contributed by atoms with E-state index < -0.39 is 0 Å². The number of rotatable bonds is 8. The van der Waals surface area contributed by atoms with Crippen molar-refractivity contribution in [3.05, 3.63) is 315 Å². The first-order valence-electron chi connectivity index (χ1n) is 28.5. The van der Waals surface area contributed by atoms with Crippen LogP contribution in [0, 0.1) is 0 Å². The molecule has 0 heteroatoms. The van der Waals surface area contributed by atoms with Crippen LogP contribution in [-0.4, -0.2) is 0 Å². The first kappa shape index (κ1) is 47.3. The van der Waals surface area contributed by atoms with E-state index in [2.05, 4.69) is 315 Å². The van der Waals surface area contributed by atoms with Gasteiger partial charge in [-0.05, 0) is 178 Å². The molecule has 0 aromatic heterocycles. The van der Waals surface area contributed by atoms with Crippen molar-refractivity contribution < 1.29 is 0 Å². The molecule has 20 rings (SSSR count). The third-order valence-corrected chi connectivity index (χ3v) is 17.1. The summed E-state index contributed by atoms with van der Waals surface area (Å²) in [5.74, 6) is 0. The molecule has 0 saturated heterocycles. The summed E-state index contributed by atoms with van der Waals surface area (Å²) in [6, 6.07) is 118. The number of hydrogen-bond acceptors (Lipinski definition) is 0. The van der Waals surface area contributed by atoms with E-state index in [1.165, 1.54) is 121 Å². The van der Waals surface area contributed by atoms with Crippen LogP contribution in [0.15, 0.2) is 315 Å². The van der Waals surface area contributed by atoms with Gasteiger partial charge in [0.25, 0.3) is 0 Å². The van der Waals surface area contributed by atoms with Crippen molar-refractivity contribution in [1.82, 2.24) is 0 Å². The molecular weight excluding hydrogens is 985 g/mol. The van der Waals surface area contributed by atoms with Gasteiger partial charge in [-0.3, -0.25) is 0 Å². The lowest BCUT2D eigenvalue weighted by molar-refractivity contribution is 1.51. The predicted molar refractivity (Wildman–Crippen MR) is 349 cm³/mol. The lowest BCUT2D eigenvalue weighted by Gasteiger charge is -2.30. The minimum absolute atomic E-state index is 1.14. The van der Waals surface area contributed by atoms with Crippen molar-refractivity contribution in [2.24, 2.45) is 0 Å². The summed E-state index contributed by atoms with van der Waals surface area (Å²) in [4.78, 5) is 0. The Hall–Kier alpha value is -10.7. The van der Waals surface area contributed by atoms with Gasteiger partial charge >= 0.3 is 0 Å². The van der Waals surface area contributed by atoms with E-state index in [0.29, 0.717) is 0 Å². The largest absolute Gasteiger partial charge is 0.0622 e. The van der Waals surface area contributed by atoms with Gasteiger partial charge in [-0.2, -0.15) is 0 Å². The Labute approximate surface area is 478 Å². The van der Waals surface area contributed by atoms with E-state index in [0.717, 1.165) is 44.5 Å². The van der Waals surface area contributed by atoms with Gasteiger partial charge in [-0.15, -0.1) is 0 Å². The van der Waals surface area contributed by atoms with Crippen LogP contribution in [-0.2, 0) is 0 Å². The van der Waals surface area contributed by atoms with Crippen LogP contribution in [0.1, 0.15) is 0 Å². The highest BCUT2D eigenvalue weighted by molar-refractivity contribution is 6.29. The second-order valence-corrected chi connectivity index (χ2v) is 21.7. The molecule has 0 radical (unpaired) electrons. The van der Waals surface area contributed by atoms with Crippen molar-refractivity contribution in [1.29, 1.82) is 0 Å². The van der Waals surface area contributed by atoms with Gasteiger partial charge in [-0.1, -0.05) is 303 Å². The zero-order valence-electron chi connectivity index (χ0n) is 45.0. The van der Waals surface area contributed by atoms with Crippen molar-refractivity contribution in [2.75, 3.05) is 0 Å². The van der Waals surface area contributed by atoms with E-state index in [1.807, 2.05) is 0 Å². The Morgan fingerprint density at radius 2 is 0.354 bits per heavy atom. The quantitative estimate of drug-likeness (QED) is 0.133. The van der Waals surface area contributed by atoms with Gasteiger partial charge in [-0.25, -0.2) is 0 Å². The van der Waals surface area contributed by atoms with Gasteiger partial charge in [0.2, 0.25) is 0 Å². The van der Waals surface area contributed by atoms with E-state index in [-0.39, 0.29) is 0 Å². The van der Waals surface area contributed by atoms with E-state index in [1.54, 1.807) is 0 Å². The normalized spacial score (nSPS) is 11.7. The molecule has 0 spiro atoms. The molecule has 15 aromatic carbocycles. The maximum atomic E-state index is 2.50. The predicted octanol–water partition coefficient (Wildman–Crippen LogP) is 22.9. The van der Waals surface area contributed by atoms with Gasteiger partial charge in [0.05, 0.1) is 0 Å². The molecule has 0 nitrogen and oxygen atoms in total. The Kier molecular flexibility index (Phi) is 11.3. The van der Waals surface area contributed by atoms with E-state index in [4.69, 9.17) is 0 Å². The van der Waals surface area contributed by atoms with Crippen molar-refractivity contribution in [3.63, 3.8) is 0 Å². The molecule has 9 bridgehead atoms. The number of hydrogen-bond donors (Lipinski definition) is 0. The summed E-state index contributed by atoms with van der Waals surface area (Å²) in [6.07, 6.45) is 0. The molecule has 0 saturated carbocycles. The molecule has 0 aliphatic heterocycles. The summed E-state index contributed by atoms with van der Waals surface area (Å²) in [5.41, 5.74) is 28.4. The Morgan fingerprint density at radius 1 is 0.134 bits per heavy atom. The molecule has 0 atom stereocenters. The monoisotopic (exact) mass is 1040 g/mol. The Bertz CT molecular complexity index is 4840. The molecule has 15 aromatic rings. The second kappa shape index (κ2) is 19.6. The molecule has 0 N–H and O–H groups in total. The topological polar surface area (TPSA) is 0 Å². The molecule has 0 amide bonds. The summed E-state index contributed by atoms with van der Waals surface area (Å²) >= 11 is 0. The van der Waals surface area contributed by atoms with Crippen LogP contribution < -0.4 is 0 Å². The summed E-state index contributed by atoms with van der Waals surface area (Å²) in [5, 5.41) is 7.44. The van der Waals surface area contributed by atoms with Gasteiger partial charge in [0.1, 0.15) is 0 Å². The molecule has 5 aliphatic rings. The molecule has 380 valence electrons. The minimum atomic E-state index is 1.14. The molecule has 0 unspecified atom stereocenters. The summed E-state index contributed by atoms with van der Waals surface area (Å²) in [6.45, 7) is 0. The molecule has 82 heavy (non-hydrogen) atoms. The molecule has 0 heterocycles.